The number of aryl methyl sites for hydroxylation is 1. The van der Waals surface area contributed by atoms with Crippen molar-refractivity contribution < 1.29 is 19.1 Å². The molecule has 3 aromatic rings. The summed E-state index contributed by atoms with van der Waals surface area (Å²) in [6, 6.07) is 25.3. The standard InChI is InChI=1S/C24H22O4/c1-2-18-13-15-19(16-14-18)22(28-24(26)21-11-7-4-8-12-21)17-27-23(25)20-9-5-3-6-10-20/h3-16,22H,2,17H2,1H3. The van der Waals surface area contributed by atoms with Gasteiger partial charge < -0.3 is 9.47 Å². The Hall–Kier alpha value is -3.40. The summed E-state index contributed by atoms with van der Waals surface area (Å²) in [7, 11) is 0. The second-order valence-electron chi connectivity index (χ2n) is 6.32. The zero-order chi connectivity index (χ0) is 19.8. The summed E-state index contributed by atoms with van der Waals surface area (Å²) >= 11 is 0. The summed E-state index contributed by atoms with van der Waals surface area (Å²) in [6.45, 7) is 2.02. The van der Waals surface area contributed by atoms with Crippen LogP contribution in [-0.4, -0.2) is 18.5 Å². The van der Waals surface area contributed by atoms with E-state index in [1.165, 1.54) is 5.56 Å². The van der Waals surface area contributed by atoms with Crippen LogP contribution in [0.3, 0.4) is 0 Å². The van der Waals surface area contributed by atoms with Crippen molar-refractivity contribution in [1.82, 2.24) is 0 Å². The Morgan fingerprint density at radius 2 is 1.29 bits per heavy atom. The molecule has 0 saturated carbocycles. The van der Waals surface area contributed by atoms with Crippen LogP contribution in [0, 0.1) is 0 Å². The zero-order valence-corrected chi connectivity index (χ0v) is 15.7. The first-order valence-corrected chi connectivity index (χ1v) is 9.24. The molecule has 0 spiro atoms. The van der Waals surface area contributed by atoms with E-state index in [4.69, 9.17) is 9.47 Å². The maximum atomic E-state index is 12.5. The molecule has 3 aromatic carbocycles. The smallest absolute Gasteiger partial charge is 0.338 e. The molecule has 4 nitrogen and oxygen atoms in total. The third-order valence-electron chi connectivity index (χ3n) is 4.39. The topological polar surface area (TPSA) is 52.6 Å². The van der Waals surface area contributed by atoms with E-state index in [1.54, 1.807) is 48.5 Å². The first-order chi connectivity index (χ1) is 13.7. The molecule has 0 saturated heterocycles. The fourth-order valence-electron chi connectivity index (χ4n) is 2.75. The van der Waals surface area contributed by atoms with E-state index in [-0.39, 0.29) is 6.61 Å². The van der Waals surface area contributed by atoms with Crippen LogP contribution in [0.1, 0.15) is 44.9 Å². The van der Waals surface area contributed by atoms with Crippen molar-refractivity contribution in [3.8, 4) is 0 Å². The number of rotatable bonds is 7. The normalized spacial score (nSPS) is 11.5. The lowest BCUT2D eigenvalue weighted by molar-refractivity contribution is -0.00133. The third-order valence-corrected chi connectivity index (χ3v) is 4.39. The minimum atomic E-state index is -0.689. The molecule has 3 rings (SSSR count). The van der Waals surface area contributed by atoms with Gasteiger partial charge in [-0.3, -0.25) is 0 Å². The van der Waals surface area contributed by atoms with Crippen molar-refractivity contribution in [1.29, 1.82) is 0 Å². The van der Waals surface area contributed by atoms with E-state index in [1.807, 2.05) is 36.4 Å². The molecule has 0 aromatic heterocycles. The van der Waals surface area contributed by atoms with Gasteiger partial charge in [-0.2, -0.15) is 0 Å². The Kier molecular flexibility index (Phi) is 6.58. The number of carbonyl (C=O) groups is 2. The van der Waals surface area contributed by atoms with Gasteiger partial charge in [0.2, 0.25) is 0 Å². The molecule has 0 N–H and O–H groups in total. The number of esters is 2. The number of ether oxygens (including phenoxy) is 2. The van der Waals surface area contributed by atoms with Crippen LogP contribution in [0.5, 0.6) is 0 Å². The number of hydrogen-bond acceptors (Lipinski definition) is 4. The summed E-state index contributed by atoms with van der Waals surface area (Å²) in [6.07, 6.45) is 0.226. The Labute approximate surface area is 164 Å². The van der Waals surface area contributed by atoms with Crippen LogP contribution in [0.25, 0.3) is 0 Å². The summed E-state index contributed by atoms with van der Waals surface area (Å²) in [5.74, 6) is -0.910. The highest BCUT2D eigenvalue weighted by Crippen LogP contribution is 2.21. The van der Waals surface area contributed by atoms with Crippen molar-refractivity contribution in [2.45, 2.75) is 19.4 Å². The van der Waals surface area contributed by atoms with E-state index < -0.39 is 18.0 Å². The van der Waals surface area contributed by atoms with Gasteiger partial charge in [0.1, 0.15) is 6.61 Å². The summed E-state index contributed by atoms with van der Waals surface area (Å²) in [5, 5.41) is 0. The van der Waals surface area contributed by atoms with E-state index in [0.717, 1.165) is 12.0 Å². The summed E-state index contributed by atoms with van der Waals surface area (Å²) in [5.41, 5.74) is 2.87. The van der Waals surface area contributed by atoms with Gasteiger partial charge in [-0.15, -0.1) is 0 Å². The van der Waals surface area contributed by atoms with Crippen LogP contribution in [-0.2, 0) is 15.9 Å². The van der Waals surface area contributed by atoms with Crippen molar-refractivity contribution in [2.75, 3.05) is 6.61 Å². The van der Waals surface area contributed by atoms with E-state index >= 15 is 0 Å². The highest BCUT2D eigenvalue weighted by atomic mass is 16.6. The van der Waals surface area contributed by atoms with Gasteiger partial charge in [0.15, 0.2) is 6.10 Å². The molecule has 4 heteroatoms. The molecule has 0 fully saturated rings. The van der Waals surface area contributed by atoms with Gasteiger partial charge in [0, 0.05) is 0 Å². The fraction of sp³-hybridized carbons (Fsp3) is 0.167. The van der Waals surface area contributed by atoms with Gasteiger partial charge in [-0.1, -0.05) is 67.6 Å². The highest BCUT2D eigenvalue weighted by Gasteiger charge is 2.20. The van der Waals surface area contributed by atoms with Crippen LogP contribution in [0.15, 0.2) is 84.9 Å². The van der Waals surface area contributed by atoms with Gasteiger partial charge in [-0.25, -0.2) is 9.59 Å². The molecule has 0 aliphatic carbocycles. The van der Waals surface area contributed by atoms with Gasteiger partial charge in [-0.05, 0) is 41.8 Å². The number of carbonyl (C=O) groups excluding carboxylic acids is 2. The lowest BCUT2D eigenvalue weighted by atomic mass is 10.1. The molecule has 0 radical (unpaired) electrons. The molecule has 142 valence electrons. The lowest BCUT2D eigenvalue weighted by Gasteiger charge is -2.19. The van der Waals surface area contributed by atoms with Crippen LogP contribution < -0.4 is 0 Å². The molecular weight excluding hydrogens is 352 g/mol. The second kappa shape index (κ2) is 9.51. The highest BCUT2D eigenvalue weighted by molar-refractivity contribution is 5.90. The maximum absolute atomic E-state index is 12.5. The minimum absolute atomic E-state index is 0.0578. The van der Waals surface area contributed by atoms with Crippen LogP contribution >= 0.6 is 0 Å². The van der Waals surface area contributed by atoms with E-state index in [2.05, 4.69) is 6.92 Å². The molecule has 0 amide bonds. The fourth-order valence-corrected chi connectivity index (χ4v) is 2.75. The van der Waals surface area contributed by atoms with Crippen molar-refractivity contribution in [2.24, 2.45) is 0 Å². The van der Waals surface area contributed by atoms with Crippen LogP contribution in [0.2, 0.25) is 0 Å². The molecule has 28 heavy (non-hydrogen) atoms. The molecular formula is C24H22O4. The average Bonchev–Trinajstić information content (AvgIpc) is 2.77. The molecule has 1 atom stereocenters. The van der Waals surface area contributed by atoms with Gasteiger partial charge in [0.25, 0.3) is 0 Å². The summed E-state index contributed by atoms with van der Waals surface area (Å²) in [4.78, 5) is 24.8. The zero-order valence-electron chi connectivity index (χ0n) is 15.7. The first kappa shape index (κ1) is 19.4. The maximum Gasteiger partial charge on any atom is 0.338 e. The molecule has 0 aliphatic heterocycles. The largest absolute Gasteiger partial charge is 0.458 e. The number of benzene rings is 3. The van der Waals surface area contributed by atoms with Gasteiger partial charge >= 0.3 is 11.9 Å². The molecule has 0 aliphatic rings. The van der Waals surface area contributed by atoms with Crippen molar-refractivity contribution in [3.63, 3.8) is 0 Å². The van der Waals surface area contributed by atoms with Gasteiger partial charge in [0.05, 0.1) is 11.1 Å². The Morgan fingerprint density at radius 1 is 0.750 bits per heavy atom. The molecule has 0 heterocycles. The lowest BCUT2D eigenvalue weighted by Crippen LogP contribution is -2.19. The monoisotopic (exact) mass is 374 g/mol. The quantitative estimate of drug-likeness (QED) is 0.546. The summed E-state index contributed by atoms with van der Waals surface area (Å²) < 4.78 is 11.1. The predicted molar refractivity (Wildman–Crippen MR) is 107 cm³/mol. The van der Waals surface area contributed by atoms with Crippen molar-refractivity contribution >= 4 is 11.9 Å². The SMILES string of the molecule is CCc1ccc(C(COC(=O)c2ccccc2)OC(=O)c2ccccc2)cc1. The predicted octanol–water partition coefficient (Wildman–Crippen LogP) is 5.00. The van der Waals surface area contributed by atoms with Crippen molar-refractivity contribution in [3.05, 3.63) is 107 Å². The second-order valence-corrected chi connectivity index (χ2v) is 6.32. The van der Waals surface area contributed by atoms with E-state index in [0.29, 0.717) is 11.1 Å². The Bertz CT molecular complexity index is 902. The first-order valence-electron chi connectivity index (χ1n) is 9.24. The number of hydrogen-bond donors (Lipinski definition) is 0. The molecule has 0 bridgehead atoms. The Balaban J connectivity index is 1.75. The molecule has 1 unspecified atom stereocenters. The van der Waals surface area contributed by atoms with E-state index in [9.17, 15) is 9.59 Å². The average molecular weight is 374 g/mol. The minimum Gasteiger partial charge on any atom is -0.458 e. The Morgan fingerprint density at radius 3 is 1.82 bits per heavy atom. The third kappa shape index (κ3) is 5.07. The van der Waals surface area contributed by atoms with Crippen LogP contribution in [0.4, 0.5) is 0 Å².